The zero-order chi connectivity index (χ0) is 77.6. The van der Waals surface area contributed by atoms with Crippen molar-refractivity contribution in [2.45, 2.75) is 178 Å². The van der Waals surface area contributed by atoms with Gasteiger partial charge in [-0.15, -0.1) is 0 Å². The average Bonchev–Trinajstić information content (AvgIpc) is 0.744. The summed E-state index contributed by atoms with van der Waals surface area (Å²) in [6, 6.07) is 100. The summed E-state index contributed by atoms with van der Waals surface area (Å²) in [6.45, 7) is 12.8. The van der Waals surface area contributed by atoms with Gasteiger partial charge >= 0.3 is 11.9 Å². The van der Waals surface area contributed by atoms with Crippen molar-refractivity contribution in [3.8, 4) is 0 Å². The van der Waals surface area contributed by atoms with E-state index in [2.05, 4.69) is 90.1 Å². The molecule has 3 aliphatic rings. The number of carbonyl (C=O) groups is 2. The summed E-state index contributed by atoms with van der Waals surface area (Å²) < 4.78 is 102. The summed E-state index contributed by atoms with van der Waals surface area (Å²) in [5.74, 6) is -1.30. The number of carbonyl (C=O) groups excluding carboxylic acids is 2. The molecular formula is C94H104O16Si2. The number of benzene rings is 10. The fourth-order valence-electron chi connectivity index (χ4n) is 15.4. The van der Waals surface area contributed by atoms with Crippen molar-refractivity contribution < 1.29 is 75.3 Å². The molecule has 0 N–H and O–H groups in total. The van der Waals surface area contributed by atoms with Gasteiger partial charge in [-0.1, -0.05) is 345 Å². The standard InChI is InChI=1S/C94H104O16Si2/c1-93(2,3)111(77-49-29-13-30-50-77,78-51-31-14-32-52-78)105-65-75-57-83(95)97-67-82-86(100-60-70-39-19-8-20-40-70)88(102-62-72-43-23-10-24-44-72)90(104-64-74-47-27-12-28-48-74)92(110-82)108-76(66-106-112(94(4,5)6,79-53-33-15-34-54-79)80-55-35-16-36-56-80)58-84(96)98-68-81-85(99-59-69-37-17-7-18-38-69)87(101-61-71-41-21-9-22-42-71)89(91(107-75)109-81)103-63-73-45-25-11-26-46-73/h7-56,75-76,81-82,85-92H,57-68H2,1-6H3/t75-,76-,81+,82+,85+,86+,87-,88-,89+,90+,91+,92+/m0/s1. The van der Waals surface area contributed by atoms with Gasteiger partial charge in [-0.25, -0.2) is 0 Å². The fourth-order valence-corrected chi connectivity index (χ4v) is 24.6. The van der Waals surface area contributed by atoms with Gasteiger partial charge in [-0.3, -0.25) is 9.59 Å². The van der Waals surface area contributed by atoms with E-state index in [1.54, 1.807) is 0 Å². The Balaban J connectivity index is 0.958. The van der Waals surface area contributed by atoms with Crippen molar-refractivity contribution in [2.24, 2.45) is 0 Å². The van der Waals surface area contributed by atoms with Gasteiger partial charge < -0.3 is 65.7 Å². The van der Waals surface area contributed by atoms with Crippen LogP contribution in [0, 0.1) is 0 Å². The van der Waals surface area contributed by atoms with Crippen LogP contribution in [0.3, 0.4) is 0 Å². The van der Waals surface area contributed by atoms with Gasteiger partial charge in [0, 0.05) is 0 Å². The van der Waals surface area contributed by atoms with Gasteiger partial charge in [0.25, 0.3) is 16.6 Å². The highest BCUT2D eigenvalue weighted by molar-refractivity contribution is 7.00. The zero-order valence-electron chi connectivity index (χ0n) is 64.8. The number of hydrogen-bond acceptors (Lipinski definition) is 16. The van der Waals surface area contributed by atoms with Crippen molar-refractivity contribution in [3.63, 3.8) is 0 Å². The van der Waals surface area contributed by atoms with Crippen LogP contribution in [-0.2, 0) is 115 Å². The first-order valence-corrected chi connectivity index (χ1v) is 42.8. The number of rotatable bonds is 28. The number of fused-ring (bicyclic) bond motifs is 4. The van der Waals surface area contributed by atoms with Crippen LogP contribution in [0.5, 0.6) is 0 Å². The molecule has 0 unspecified atom stereocenters. The van der Waals surface area contributed by atoms with E-state index in [1.807, 2.05) is 255 Å². The summed E-state index contributed by atoms with van der Waals surface area (Å²) in [5, 5.41) is 3.08. The molecule has 18 heteroatoms. The van der Waals surface area contributed by atoms with E-state index >= 15 is 9.59 Å². The molecule has 3 heterocycles. The summed E-state index contributed by atoms with van der Waals surface area (Å²) >= 11 is 0. The Kier molecular flexibility index (Phi) is 28.4. The van der Waals surface area contributed by atoms with Gasteiger partial charge in [0.15, 0.2) is 12.6 Å². The van der Waals surface area contributed by atoms with Gasteiger partial charge in [0.1, 0.15) is 62.0 Å². The van der Waals surface area contributed by atoms with Crippen molar-refractivity contribution in [1.82, 2.24) is 0 Å². The third-order valence-corrected chi connectivity index (χ3v) is 31.0. The second-order valence-corrected chi connectivity index (χ2v) is 39.5. The third-order valence-electron chi connectivity index (χ3n) is 21.0. The first kappa shape index (κ1) is 81.1. The molecule has 112 heavy (non-hydrogen) atoms. The molecule has 10 aromatic carbocycles. The lowest BCUT2D eigenvalue weighted by Gasteiger charge is -2.47. The molecular weight excluding hydrogens is 1440 g/mol. The normalized spacial score (nSPS) is 23.0. The Morgan fingerprint density at radius 1 is 0.286 bits per heavy atom. The molecule has 0 aliphatic carbocycles. The Hall–Kier alpha value is -8.91. The Morgan fingerprint density at radius 2 is 0.500 bits per heavy atom. The molecule has 3 aliphatic heterocycles. The van der Waals surface area contributed by atoms with Gasteiger partial charge in [-0.05, 0) is 64.2 Å². The van der Waals surface area contributed by atoms with Crippen LogP contribution in [0.2, 0.25) is 10.1 Å². The van der Waals surface area contributed by atoms with Gasteiger partial charge in [-0.2, -0.15) is 0 Å². The van der Waals surface area contributed by atoms with Crippen LogP contribution < -0.4 is 20.7 Å². The maximum atomic E-state index is 15.8. The predicted molar refractivity (Wildman–Crippen MR) is 435 cm³/mol. The lowest BCUT2D eigenvalue weighted by Crippen LogP contribution is -2.67. The average molecular weight is 1550 g/mol. The van der Waals surface area contributed by atoms with Gasteiger partial charge in [0.2, 0.25) is 0 Å². The third kappa shape index (κ3) is 20.7. The molecule has 12 atom stereocenters. The quantitative estimate of drug-likeness (QED) is 0.0336. The van der Waals surface area contributed by atoms with Crippen LogP contribution in [-0.4, -0.2) is 129 Å². The fraction of sp³-hybridized carbons (Fsp3) is 0.340. The zero-order valence-corrected chi connectivity index (χ0v) is 66.8. The molecule has 10 aromatic rings. The molecule has 584 valence electrons. The number of cyclic esters (lactones) is 2. The Morgan fingerprint density at radius 3 is 0.732 bits per heavy atom. The Labute approximate surface area is 661 Å². The molecule has 0 aromatic heterocycles. The first-order valence-electron chi connectivity index (χ1n) is 39.0. The molecule has 3 fully saturated rings. The second kappa shape index (κ2) is 39.2. The SMILES string of the molecule is CC(C)(C)[Si](OC[C@@H]1CC(=O)OC[C@H]2O[C@@H](O[C@H](CO[Si](c3ccccc3)(c3ccccc3)C(C)(C)C)CC(=O)OC[C@H]3O[C@@H](O1)[C@H](OCc1ccccc1)[C@@H](OCc1ccccc1)[C@@H]3OCc1ccccc1)[C@H](OCc1ccccc1)[C@@H](OCc1ccccc1)[C@@H]2OCc1ccccc1)(c1ccccc1)c1ccccc1. The minimum atomic E-state index is -3.39. The van der Waals surface area contributed by atoms with E-state index in [-0.39, 0.29) is 78.9 Å². The largest absolute Gasteiger partial charge is 0.463 e. The minimum absolute atomic E-state index is 0.0950. The first-order chi connectivity index (χ1) is 54.6. The molecule has 0 saturated carbocycles. The Bertz CT molecular complexity index is 4060. The van der Waals surface area contributed by atoms with Crippen molar-refractivity contribution in [2.75, 3.05) is 26.4 Å². The number of hydrogen-bond donors (Lipinski definition) is 0. The van der Waals surface area contributed by atoms with E-state index < -0.39 is 112 Å². The molecule has 0 radical (unpaired) electrons. The van der Waals surface area contributed by atoms with Crippen LogP contribution in [0.1, 0.15) is 87.8 Å². The predicted octanol–water partition coefficient (Wildman–Crippen LogP) is 14.8. The van der Waals surface area contributed by atoms with Gasteiger partial charge in [0.05, 0.1) is 77.9 Å². The highest BCUT2D eigenvalue weighted by Gasteiger charge is 2.56. The van der Waals surface area contributed by atoms with Crippen LogP contribution in [0.15, 0.2) is 303 Å². The van der Waals surface area contributed by atoms with Crippen LogP contribution in [0.4, 0.5) is 0 Å². The van der Waals surface area contributed by atoms with Crippen LogP contribution in [0.25, 0.3) is 0 Å². The minimum Gasteiger partial charge on any atom is -0.463 e. The number of esters is 2. The summed E-state index contributed by atoms with van der Waals surface area (Å²) in [6.07, 6.45) is -14.0. The summed E-state index contributed by atoms with van der Waals surface area (Å²) in [7, 11) is -6.78. The molecule has 13 rings (SSSR count). The summed E-state index contributed by atoms with van der Waals surface area (Å²) in [4.78, 5) is 31.7. The van der Waals surface area contributed by atoms with E-state index in [4.69, 9.17) is 65.7 Å². The second-order valence-electron chi connectivity index (χ2n) is 30.9. The van der Waals surface area contributed by atoms with E-state index in [1.165, 1.54) is 0 Å². The molecule has 0 spiro atoms. The molecule has 0 amide bonds. The number of ether oxygens (including phenoxy) is 12. The highest BCUT2D eigenvalue weighted by atomic mass is 28.4. The molecule has 3 saturated heterocycles. The van der Waals surface area contributed by atoms with Crippen molar-refractivity contribution in [1.29, 1.82) is 0 Å². The lowest BCUT2D eigenvalue weighted by molar-refractivity contribution is -0.339. The van der Waals surface area contributed by atoms with E-state index in [0.717, 1.165) is 54.1 Å². The van der Waals surface area contributed by atoms with Crippen LogP contribution >= 0.6 is 0 Å². The lowest BCUT2D eigenvalue weighted by atomic mass is 9.97. The van der Waals surface area contributed by atoms with E-state index in [0.29, 0.717) is 0 Å². The highest BCUT2D eigenvalue weighted by Crippen LogP contribution is 2.41. The smallest absolute Gasteiger partial charge is 0.308 e. The molecule has 16 nitrogen and oxygen atoms in total. The van der Waals surface area contributed by atoms with Crippen molar-refractivity contribution >= 4 is 49.3 Å². The maximum absolute atomic E-state index is 15.8. The maximum Gasteiger partial charge on any atom is 0.308 e. The monoisotopic (exact) mass is 1540 g/mol. The van der Waals surface area contributed by atoms with Crippen molar-refractivity contribution in [3.05, 3.63) is 337 Å². The molecule has 4 bridgehead atoms. The topological polar surface area (TPSA) is 163 Å². The summed E-state index contributed by atoms with van der Waals surface area (Å²) in [5.41, 5.74) is 5.26. The van der Waals surface area contributed by atoms with E-state index in [9.17, 15) is 0 Å².